The average molecular weight is 255 g/mol. The summed E-state index contributed by atoms with van der Waals surface area (Å²) in [6, 6.07) is 2.92. The van der Waals surface area contributed by atoms with Crippen LogP contribution in [0.3, 0.4) is 0 Å². The molecule has 0 amide bonds. The van der Waals surface area contributed by atoms with Crippen LogP contribution in [0.25, 0.3) is 11.5 Å². The molecule has 0 aliphatic carbocycles. The van der Waals surface area contributed by atoms with E-state index in [9.17, 15) is 0 Å². The lowest BCUT2D eigenvalue weighted by Gasteiger charge is -2.01. The normalized spacial score (nSPS) is 12.6. The van der Waals surface area contributed by atoms with Crippen molar-refractivity contribution >= 4 is 11.6 Å². The molecule has 2 aromatic heterocycles. The van der Waals surface area contributed by atoms with E-state index in [0.717, 1.165) is 0 Å². The second-order valence-electron chi connectivity index (χ2n) is 3.41. The molecule has 90 valence electrons. The quantitative estimate of drug-likeness (QED) is 0.850. The maximum Gasteiger partial charge on any atom is 0.244 e. The molecule has 2 aromatic rings. The Kier molecular flexibility index (Phi) is 3.68. The molecule has 0 saturated carbocycles. The maximum atomic E-state index is 8.76. The largest absolute Gasteiger partial charge is 0.396 e. The monoisotopic (exact) mass is 254 g/mol. The molecular formula is C10H11ClN4O2. The van der Waals surface area contributed by atoms with E-state index < -0.39 is 6.04 Å². The molecule has 1 unspecified atom stereocenters. The van der Waals surface area contributed by atoms with Crippen molar-refractivity contribution in [3.8, 4) is 11.5 Å². The van der Waals surface area contributed by atoms with Crippen LogP contribution in [0.2, 0.25) is 5.02 Å². The Morgan fingerprint density at radius 3 is 3.06 bits per heavy atom. The van der Waals surface area contributed by atoms with Gasteiger partial charge in [0.1, 0.15) is 5.69 Å². The van der Waals surface area contributed by atoms with Crippen molar-refractivity contribution in [3.63, 3.8) is 0 Å². The Balaban J connectivity index is 2.27. The highest BCUT2D eigenvalue weighted by molar-refractivity contribution is 6.32. The van der Waals surface area contributed by atoms with Crippen LogP contribution in [0.15, 0.2) is 22.9 Å². The van der Waals surface area contributed by atoms with Gasteiger partial charge in [0.2, 0.25) is 11.7 Å². The van der Waals surface area contributed by atoms with Gasteiger partial charge in [0.05, 0.1) is 11.1 Å². The highest BCUT2D eigenvalue weighted by Gasteiger charge is 2.17. The first kappa shape index (κ1) is 12.0. The number of pyridine rings is 1. The number of nitrogens with two attached hydrogens (primary N) is 1. The molecule has 1 atom stereocenters. The van der Waals surface area contributed by atoms with Crippen LogP contribution in [-0.2, 0) is 0 Å². The minimum absolute atomic E-state index is 0.0385. The smallest absolute Gasteiger partial charge is 0.244 e. The van der Waals surface area contributed by atoms with Gasteiger partial charge in [0.15, 0.2) is 0 Å². The first-order valence-electron chi connectivity index (χ1n) is 5.03. The number of hydrogen-bond donors (Lipinski definition) is 2. The molecule has 0 saturated heterocycles. The molecule has 0 aliphatic rings. The van der Waals surface area contributed by atoms with Gasteiger partial charge in [0, 0.05) is 12.8 Å². The molecule has 17 heavy (non-hydrogen) atoms. The zero-order valence-corrected chi connectivity index (χ0v) is 9.63. The first-order valence-corrected chi connectivity index (χ1v) is 5.41. The number of aliphatic hydroxyl groups is 1. The fraction of sp³-hybridized carbons (Fsp3) is 0.300. The van der Waals surface area contributed by atoms with Gasteiger partial charge in [-0.05, 0) is 18.6 Å². The van der Waals surface area contributed by atoms with Gasteiger partial charge < -0.3 is 15.4 Å². The molecular weight excluding hydrogens is 244 g/mol. The molecule has 0 fully saturated rings. The van der Waals surface area contributed by atoms with E-state index in [1.54, 1.807) is 18.3 Å². The zero-order chi connectivity index (χ0) is 12.3. The molecule has 6 nitrogen and oxygen atoms in total. The highest BCUT2D eigenvalue weighted by atomic mass is 35.5. The zero-order valence-electron chi connectivity index (χ0n) is 8.88. The van der Waals surface area contributed by atoms with Crippen molar-refractivity contribution < 1.29 is 9.63 Å². The number of aromatic nitrogens is 3. The fourth-order valence-electron chi connectivity index (χ4n) is 1.29. The topological polar surface area (TPSA) is 98.1 Å². The number of hydrogen-bond acceptors (Lipinski definition) is 6. The van der Waals surface area contributed by atoms with Crippen LogP contribution in [-0.4, -0.2) is 26.8 Å². The van der Waals surface area contributed by atoms with Crippen LogP contribution in [0.5, 0.6) is 0 Å². The second-order valence-corrected chi connectivity index (χ2v) is 3.82. The van der Waals surface area contributed by atoms with Crippen LogP contribution < -0.4 is 5.73 Å². The van der Waals surface area contributed by atoms with Crippen molar-refractivity contribution in [1.82, 2.24) is 15.1 Å². The van der Waals surface area contributed by atoms with Crippen molar-refractivity contribution in [2.45, 2.75) is 12.5 Å². The minimum Gasteiger partial charge on any atom is -0.396 e. The van der Waals surface area contributed by atoms with E-state index in [2.05, 4.69) is 15.1 Å². The number of aliphatic hydroxyl groups excluding tert-OH is 1. The number of nitrogens with zero attached hydrogens (tertiary/aromatic N) is 3. The van der Waals surface area contributed by atoms with E-state index in [0.29, 0.717) is 23.0 Å². The average Bonchev–Trinajstić information content (AvgIpc) is 2.79. The third-order valence-electron chi connectivity index (χ3n) is 2.17. The molecule has 7 heteroatoms. The summed E-state index contributed by atoms with van der Waals surface area (Å²) in [6.45, 7) is -0.0385. The van der Waals surface area contributed by atoms with E-state index in [4.69, 9.17) is 27.0 Å². The molecule has 0 aliphatic heterocycles. The standard InChI is InChI=1S/C10H11ClN4O2/c11-6-2-1-4-13-8(6)9-14-10(17-15-9)7(12)3-5-16/h1-2,4,7,16H,3,5,12H2. The summed E-state index contributed by atoms with van der Waals surface area (Å²) >= 11 is 5.95. The Bertz CT molecular complexity index is 503. The minimum atomic E-state index is -0.483. The summed E-state index contributed by atoms with van der Waals surface area (Å²) in [5.74, 6) is 0.551. The second kappa shape index (κ2) is 5.22. The molecule has 3 N–H and O–H groups in total. The third-order valence-corrected chi connectivity index (χ3v) is 2.47. The van der Waals surface area contributed by atoms with Crippen LogP contribution in [0, 0.1) is 0 Å². The van der Waals surface area contributed by atoms with Crippen molar-refractivity contribution in [1.29, 1.82) is 0 Å². The lowest BCUT2D eigenvalue weighted by molar-refractivity contribution is 0.259. The Morgan fingerprint density at radius 1 is 1.53 bits per heavy atom. The Labute approximate surface area is 102 Å². The van der Waals surface area contributed by atoms with Gasteiger partial charge in [0.25, 0.3) is 0 Å². The van der Waals surface area contributed by atoms with Crippen LogP contribution in [0.1, 0.15) is 18.4 Å². The molecule has 2 heterocycles. The molecule has 0 bridgehead atoms. The van der Waals surface area contributed by atoms with Gasteiger partial charge in [-0.1, -0.05) is 16.8 Å². The number of halogens is 1. The summed E-state index contributed by atoms with van der Waals surface area (Å²) < 4.78 is 4.99. The summed E-state index contributed by atoms with van der Waals surface area (Å²) in [6.07, 6.45) is 1.95. The van der Waals surface area contributed by atoms with E-state index in [-0.39, 0.29) is 12.5 Å². The fourth-order valence-corrected chi connectivity index (χ4v) is 1.50. The molecule has 0 aromatic carbocycles. The van der Waals surface area contributed by atoms with E-state index in [1.807, 2.05) is 0 Å². The third kappa shape index (κ3) is 2.60. The van der Waals surface area contributed by atoms with Crippen molar-refractivity contribution in [2.24, 2.45) is 5.73 Å². The lowest BCUT2D eigenvalue weighted by atomic mass is 10.2. The van der Waals surface area contributed by atoms with Crippen LogP contribution in [0.4, 0.5) is 0 Å². The summed E-state index contributed by atoms with van der Waals surface area (Å²) in [5, 5.41) is 13.0. The molecule has 0 spiro atoms. The highest BCUT2D eigenvalue weighted by Crippen LogP contribution is 2.23. The van der Waals surface area contributed by atoms with Crippen molar-refractivity contribution in [3.05, 3.63) is 29.2 Å². The first-order chi connectivity index (χ1) is 8.22. The summed E-state index contributed by atoms with van der Waals surface area (Å²) in [5.41, 5.74) is 6.17. The molecule has 2 rings (SSSR count). The molecule has 0 radical (unpaired) electrons. The van der Waals surface area contributed by atoms with Gasteiger partial charge >= 0.3 is 0 Å². The maximum absolute atomic E-state index is 8.76. The summed E-state index contributed by atoms with van der Waals surface area (Å²) in [7, 11) is 0. The van der Waals surface area contributed by atoms with Crippen LogP contribution >= 0.6 is 11.6 Å². The van der Waals surface area contributed by atoms with Gasteiger partial charge in [-0.25, -0.2) is 0 Å². The lowest BCUT2D eigenvalue weighted by Crippen LogP contribution is -2.12. The van der Waals surface area contributed by atoms with E-state index >= 15 is 0 Å². The van der Waals surface area contributed by atoms with Gasteiger partial charge in [-0.2, -0.15) is 4.98 Å². The van der Waals surface area contributed by atoms with E-state index in [1.165, 1.54) is 0 Å². The van der Waals surface area contributed by atoms with Gasteiger partial charge in [-0.3, -0.25) is 4.98 Å². The summed E-state index contributed by atoms with van der Waals surface area (Å²) in [4.78, 5) is 8.16. The predicted octanol–water partition coefficient (Wildman–Crippen LogP) is 1.17. The van der Waals surface area contributed by atoms with Gasteiger partial charge in [-0.15, -0.1) is 0 Å². The number of rotatable bonds is 4. The van der Waals surface area contributed by atoms with Crippen molar-refractivity contribution in [2.75, 3.05) is 6.61 Å². The Hall–Kier alpha value is -1.50. The predicted molar refractivity (Wildman–Crippen MR) is 61.2 cm³/mol. The SMILES string of the molecule is NC(CCO)c1nc(-c2ncccc2Cl)no1. The Morgan fingerprint density at radius 2 is 2.35 bits per heavy atom.